The Morgan fingerprint density at radius 3 is 2.90 bits per heavy atom. The van der Waals surface area contributed by atoms with E-state index >= 15 is 0 Å². The van der Waals surface area contributed by atoms with Crippen molar-refractivity contribution in [2.45, 2.75) is 13.0 Å². The number of esters is 1. The van der Waals surface area contributed by atoms with Gasteiger partial charge in [-0.2, -0.15) is 0 Å². The van der Waals surface area contributed by atoms with Gasteiger partial charge in [0.2, 0.25) is 5.91 Å². The van der Waals surface area contributed by atoms with Crippen molar-refractivity contribution in [2.75, 3.05) is 33.4 Å². The fraction of sp³-hybridized carbons (Fsp3) is 0.692. The van der Waals surface area contributed by atoms with Crippen LogP contribution < -0.4 is 0 Å². The van der Waals surface area contributed by atoms with Crippen LogP contribution in [0.15, 0.2) is 12.7 Å². The molecule has 0 N–H and O–H groups in total. The van der Waals surface area contributed by atoms with E-state index in [0.29, 0.717) is 39.3 Å². The number of aryl methyl sites for hydroxylation is 1. The lowest BCUT2D eigenvalue weighted by atomic mass is 9.81. The molecule has 2 aliphatic heterocycles. The number of nitrogens with zero attached hydrogens (tertiary/aromatic N) is 4. The molecule has 0 aromatic carbocycles. The molecule has 3 rings (SSSR count). The fourth-order valence-electron chi connectivity index (χ4n) is 3.14. The first kappa shape index (κ1) is 14.0. The highest BCUT2D eigenvalue weighted by Crippen LogP contribution is 2.42. The molecular weight excluding hydrogens is 276 g/mol. The number of rotatable bonds is 4. The summed E-state index contributed by atoms with van der Waals surface area (Å²) < 4.78 is 12.1. The molecule has 8 nitrogen and oxygen atoms in total. The van der Waals surface area contributed by atoms with Crippen LogP contribution in [0.1, 0.15) is 6.42 Å². The van der Waals surface area contributed by atoms with E-state index in [1.807, 2.05) is 0 Å². The monoisotopic (exact) mass is 294 g/mol. The van der Waals surface area contributed by atoms with Crippen molar-refractivity contribution in [1.29, 1.82) is 0 Å². The highest BCUT2D eigenvalue weighted by Gasteiger charge is 2.57. The zero-order valence-electron chi connectivity index (χ0n) is 11.9. The van der Waals surface area contributed by atoms with E-state index in [2.05, 4.69) is 10.2 Å². The molecule has 2 fully saturated rings. The zero-order chi connectivity index (χ0) is 14.9. The van der Waals surface area contributed by atoms with Crippen LogP contribution in [0, 0.1) is 11.3 Å². The van der Waals surface area contributed by atoms with Gasteiger partial charge in [0.25, 0.3) is 0 Å². The van der Waals surface area contributed by atoms with Crippen molar-refractivity contribution in [3.05, 3.63) is 12.7 Å². The van der Waals surface area contributed by atoms with E-state index in [-0.39, 0.29) is 17.8 Å². The number of carbonyl (C=O) groups excluding carboxylic acids is 2. The topological polar surface area (TPSA) is 86.5 Å². The van der Waals surface area contributed by atoms with E-state index in [4.69, 9.17) is 9.47 Å². The summed E-state index contributed by atoms with van der Waals surface area (Å²) in [5, 5.41) is 7.40. The van der Waals surface area contributed by atoms with E-state index in [0.717, 1.165) is 0 Å². The van der Waals surface area contributed by atoms with Crippen LogP contribution in [0.4, 0.5) is 0 Å². The molecule has 0 radical (unpaired) electrons. The fourth-order valence-corrected chi connectivity index (χ4v) is 3.14. The Morgan fingerprint density at radius 1 is 1.43 bits per heavy atom. The number of likely N-dealkylation sites (tertiary alicyclic amines) is 1. The minimum absolute atomic E-state index is 0.0291. The average molecular weight is 294 g/mol. The van der Waals surface area contributed by atoms with Crippen molar-refractivity contribution in [3.63, 3.8) is 0 Å². The molecule has 114 valence electrons. The van der Waals surface area contributed by atoms with E-state index in [1.54, 1.807) is 22.1 Å². The van der Waals surface area contributed by atoms with E-state index in [9.17, 15) is 9.59 Å². The highest BCUT2D eigenvalue weighted by molar-refractivity contribution is 5.82. The second kappa shape index (κ2) is 5.44. The summed E-state index contributed by atoms with van der Waals surface area (Å²) in [6.45, 7) is 2.31. The Morgan fingerprint density at radius 2 is 2.19 bits per heavy atom. The number of amides is 1. The molecule has 1 amide bonds. The molecule has 2 atom stereocenters. The van der Waals surface area contributed by atoms with Crippen LogP contribution in [0.25, 0.3) is 0 Å². The Kier molecular flexibility index (Phi) is 3.62. The summed E-state index contributed by atoms with van der Waals surface area (Å²) >= 11 is 0. The normalized spacial score (nSPS) is 27.7. The van der Waals surface area contributed by atoms with Gasteiger partial charge in [-0.05, 0) is 0 Å². The summed E-state index contributed by atoms with van der Waals surface area (Å²) in [7, 11) is 1.38. The van der Waals surface area contributed by atoms with Gasteiger partial charge < -0.3 is 18.9 Å². The second-order valence-corrected chi connectivity index (χ2v) is 5.58. The van der Waals surface area contributed by atoms with Gasteiger partial charge >= 0.3 is 5.97 Å². The van der Waals surface area contributed by atoms with Crippen molar-refractivity contribution in [3.8, 4) is 0 Å². The molecule has 2 saturated heterocycles. The number of aromatic nitrogens is 3. The Hall–Kier alpha value is -1.96. The summed E-state index contributed by atoms with van der Waals surface area (Å²) in [6, 6.07) is 0. The first-order valence-electron chi connectivity index (χ1n) is 6.92. The summed E-state index contributed by atoms with van der Waals surface area (Å²) in [4.78, 5) is 26.1. The second-order valence-electron chi connectivity index (χ2n) is 5.58. The number of methoxy groups -OCH3 is 1. The lowest BCUT2D eigenvalue weighted by molar-refractivity contribution is -0.153. The van der Waals surface area contributed by atoms with Gasteiger partial charge in [-0.15, -0.1) is 10.2 Å². The van der Waals surface area contributed by atoms with Crippen LogP contribution >= 0.6 is 0 Å². The summed E-state index contributed by atoms with van der Waals surface area (Å²) in [6.07, 6.45) is 3.52. The van der Waals surface area contributed by atoms with Gasteiger partial charge in [-0.25, -0.2) is 0 Å². The van der Waals surface area contributed by atoms with Crippen molar-refractivity contribution >= 4 is 11.9 Å². The Labute approximate surface area is 122 Å². The Balaban J connectivity index is 1.63. The maximum atomic E-state index is 12.3. The van der Waals surface area contributed by atoms with Crippen LogP contribution in [0.2, 0.25) is 0 Å². The molecular formula is C13H18N4O4. The van der Waals surface area contributed by atoms with Gasteiger partial charge in [0.05, 0.1) is 20.3 Å². The van der Waals surface area contributed by atoms with E-state index < -0.39 is 5.41 Å². The molecule has 1 aromatic rings. The third-order valence-electron chi connectivity index (χ3n) is 4.37. The lowest BCUT2D eigenvalue weighted by Crippen LogP contribution is -2.41. The molecule has 0 unspecified atom stereocenters. The molecule has 1 aromatic heterocycles. The first-order chi connectivity index (χ1) is 10.2. The van der Waals surface area contributed by atoms with Crippen LogP contribution in [0.3, 0.4) is 0 Å². The van der Waals surface area contributed by atoms with Gasteiger partial charge in [-0.1, -0.05) is 0 Å². The lowest BCUT2D eigenvalue weighted by Gasteiger charge is -2.23. The van der Waals surface area contributed by atoms with E-state index in [1.165, 1.54) is 7.11 Å². The number of hydrogen-bond donors (Lipinski definition) is 0. The third-order valence-corrected chi connectivity index (χ3v) is 4.37. The molecule has 0 spiro atoms. The van der Waals surface area contributed by atoms with Gasteiger partial charge in [-0.3, -0.25) is 9.59 Å². The molecule has 8 heteroatoms. The summed E-state index contributed by atoms with van der Waals surface area (Å²) in [5.41, 5.74) is -0.680. The predicted molar refractivity (Wildman–Crippen MR) is 70.0 cm³/mol. The molecule has 2 aliphatic rings. The molecule has 0 saturated carbocycles. The number of ether oxygens (including phenoxy) is 2. The Bertz CT molecular complexity index is 532. The van der Waals surface area contributed by atoms with Gasteiger partial charge in [0.1, 0.15) is 18.1 Å². The predicted octanol–water partition coefficient (Wildman–Crippen LogP) is -0.684. The average Bonchev–Trinajstić information content (AvgIpc) is 3.18. The number of hydrogen-bond acceptors (Lipinski definition) is 6. The highest BCUT2D eigenvalue weighted by atomic mass is 16.5. The van der Waals surface area contributed by atoms with Crippen molar-refractivity contribution in [2.24, 2.45) is 11.3 Å². The molecule has 0 aliphatic carbocycles. The minimum Gasteiger partial charge on any atom is -0.468 e. The first-order valence-corrected chi connectivity index (χ1v) is 6.92. The minimum atomic E-state index is -0.680. The number of fused-ring (bicyclic) bond motifs is 1. The summed E-state index contributed by atoms with van der Waals surface area (Å²) in [5.74, 6) is -0.218. The maximum Gasteiger partial charge on any atom is 0.316 e. The SMILES string of the molecule is COC(=O)[C@@]12COC[C@@H]1CN(C(=O)CCn1cnnc1)C2. The van der Waals surface area contributed by atoms with Crippen molar-refractivity contribution < 1.29 is 19.1 Å². The smallest absolute Gasteiger partial charge is 0.316 e. The van der Waals surface area contributed by atoms with Crippen LogP contribution in [-0.4, -0.2) is 65.0 Å². The van der Waals surface area contributed by atoms with Crippen molar-refractivity contribution in [1.82, 2.24) is 19.7 Å². The third kappa shape index (κ3) is 2.39. The molecule has 3 heterocycles. The molecule has 21 heavy (non-hydrogen) atoms. The quantitative estimate of drug-likeness (QED) is 0.684. The maximum absolute atomic E-state index is 12.3. The number of carbonyl (C=O) groups is 2. The largest absolute Gasteiger partial charge is 0.468 e. The molecule has 0 bridgehead atoms. The van der Waals surface area contributed by atoms with Crippen LogP contribution in [-0.2, 0) is 25.6 Å². The van der Waals surface area contributed by atoms with Gasteiger partial charge in [0.15, 0.2) is 0 Å². The van der Waals surface area contributed by atoms with Crippen LogP contribution in [0.5, 0.6) is 0 Å². The van der Waals surface area contributed by atoms with Gasteiger partial charge in [0, 0.05) is 32.0 Å². The standard InChI is InChI=1S/C13H18N4O4/c1-20-12(19)13-6-17(4-10(13)5-21-7-13)11(18)2-3-16-8-14-15-9-16/h8-10H,2-7H2,1H3/t10-,13-/m0/s1. The zero-order valence-corrected chi connectivity index (χ0v) is 11.9.